The molecule has 4 nitrogen and oxygen atoms in total. The zero-order valence-electron chi connectivity index (χ0n) is 9.68. The molecular formula is C12H10ClFN2O2S. The van der Waals surface area contributed by atoms with Crippen LogP contribution in [0.1, 0.15) is 5.56 Å². The molecule has 2 aromatic rings. The second-order valence-electron chi connectivity index (χ2n) is 3.77. The molecule has 1 aromatic heterocycles. The lowest BCUT2D eigenvalue weighted by Crippen LogP contribution is -2.23. The molecule has 1 aromatic carbocycles. The number of rotatable bonds is 4. The Balaban J connectivity index is 2.14. The van der Waals surface area contributed by atoms with E-state index in [0.717, 1.165) is 0 Å². The lowest BCUT2D eigenvalue weighted by Gasteiger charge is -2.07. The number of sulfonamides is 1. The average molecular weight is 301 g/mol. The molecule has 2 rings (SSSR count). The van der Waals surface area contributed by atoms with Crippen LogP contribution in [0.4, 0.5) is 4.39 Å². The number of hydrogen-bond acceptors (Lipinski definition) is 3. The lowest BCUT2D eigenvalue weighted by atomic mass is 10.2. The number of aromatic nitrogens is 1. The molecule has 0 spiro atoms. The summed E-state index contributed by atoms with van der Waals surface area (Å²) in [5.74, 6) is -0.413. The van der Waals surface area contributed by atoms with E-state index < -0.39 is 15.8 Å². The predicted octanol–water partition coefficient (Wildman–Crippen LogP) is 2.35. The first-order valence-electron chi connectivity index (χ1n) is 5.33. The zero-order valence-corrected chi connectivity index (χ0v) is 11.2. The Bertz CT molecular complexity index is 692. The van der Waals surface area contributed by atoms with Crippen molar-refractivity contribution >= 4 is 21.6 Å². The van der Waals surface area contributed by atoms with Crippen LogP contribution in [-0.4, -0.2) is 13.4 Å². The topological polar surface area (TPSA) is 59.1 Å². The van der Waals surface area contributed by atoms with Crippen molar-refractivity contribution in [2.24, 2.45) is 0 Å². The first-order chi connectivity index (χ1) is 8.97. The highest BCUT2D eigenvalue weighted by molar-refractivity contribution is 7.89. The molecule has 0 amide bonds. The maximum Gasteiger partial charge on any atom is 0.241 e. The first kappa shape index (κ1) is 13.9. The highest BCUT2D eigenvalue weighted by Gasteiger charge is 2.14. The van der Waals surface area contributed by atoms with Gasteiger partial charge in [0.1, 0.15) is 11.0 Å². The van der Waals surface area contributed by atoms with E-state index >= 15 is 0 Å². The molecule has 1 heterocycles. The van der Waals surface area contributed by atoms with Crippen molar-refractivity contribution in [2.45, 2.75) is 11.4 Å². The third kappa shape index (κ3) is 3.73. The molecular weight excluding hydrogens is 291 g/mol. The highest BCUT2D eigenvalue weighted by atomic mass is 35.5. The van der Waals surface area contributed by atoms with Gasteiger partial charge in [-0.25, -0.2) is 22.5 Å². The van der Waals surface area contributed by atoms with Gasteiger partial charge in [-0.2, -0.15) is 0 Å². The van der Waals surface area contributed by atoms with Gasteiger partial charge in [-0.05, 0) is 29.8 Å². The number of pyridine rings is 1. The summed E-state index contributed by atoms with van der Waals surface area (Å²) in [6.07, 6.45) is 1.30. The minimum Gasteiger partial charge on any atom is -0.244 e. The SMILES string of the molecule is O=S(=O)(NCc1cccc(F)c1)c1ccnc(Cl)c1. The minimum atomic E-state index is -3.69. The molecule has 0 atom stereocenters. The molecule has 0 saturated carbocycles. The van der Waals surface area contributed by atoms with E-state index in [1.54, 1.807) is 6.07 Å². The van der Waals surface area contributed by atoms with Gasteiger partial charge in [-0.1, -0.05) is 23.7 Å². The third-order valence-electron chi connectivity index (χ3n) is 2.36. The maximum atomic E-state index is 13.0. The van der Waals surface area contributed by atoms with E-state index in [2.05, 4.69) is 9.71 Å². The van der Waals surface area contributed by atoms with Crippen LogP contribution in [-0.2, 0) is 16.6 Å². The summed E-state index contributed by atoms with van der Waals surface area (Å²) < 4.78 is 39.2. The summed E-state index contributed by atoms with van der Waals surface area (Å²) in [5.41, 5.74) is 0.531. The van der Waals surface area contributed by atoms with Crippen LogP contribution < -0.4 is 4.72 Å². The number of hydrogen-bond donors (Lipinski definition) is 1. The van der Waals surface area contributed by atoms with Crippen LogP contribution in [0.3, 0.4) is 0 Å². The van der Waals surface area contributed by atoms with Crippen LogP contribution in [0.5, 0.6) is 0 Å². The molecule has 0 fully saturated rings. The Hall–Kier alpha value is -1.50. The Kier molecular flexibility index (Phi) is 4.14. The Labute approximate surface area is 115 Å². The summed E-state index contributed by atoms with van der Waals surface area (Å²) in [5, 5.41) is 0.0913. The standard InChI is InChI=1S/C12H10ClFN2O2S/c13-12-7-11(4-5-15-12)19(17,18)16-8-9-2-1-3-10(14)6-9/h1-7,16H,8H2. The normalized spacial score (nSPS) is 11.5. The zero-order chi connectivity index (χ0) is 13.9. The predicted molar refractivity (Wildman–Crippen MR) is 69.7 cm³/mol. The van der Waals surface area contributed by atoms with Gasteiger partial charge in [0.15, 0.2) is 0 Å². The van der Waals surface area contributed by atoms with Crippen molar-refractivity contribution in [3.8, 4) is 0 Å². The van der Waals surface area contributed by atoms with Crippen molar-refractivity contribution in [1.29, 1.82) is 0 Å². The fourth-order valence-corrected chi connectivity index (χ4v) is 2.73. The molecule has 0 aliphatic rings. The van der Waals surface area contributed by atoms with Gasteiger partial charge in [0.25, 0.3) is 0 Å². The summed E-state index contributed by atoms with van der Waals surface area (Å²) in [7, 11) is -3.69. The van der Waals surface area contributed by atoms with Crippen LogP contribution in [0.25, 0.3) is 0 Å². The third-order valence-corrected chi connectivity index (χ3v) is 3.97. The molecule has 0 bridgehead atoms. The molecule has 0 unspecified atom stereocenters. The number of nitrogens with one attached hydrogen (secondary N) is 1. The van der Waals surface area contributed by atoms with Crippen molar-refractivity contribution in [2.75, 3.05) is 0 Å². The maximum absolute atomic E-state index is 13.0. The van der Waals surface area contributed by atoms with Gasteiger partial charge in [0.05, 0.1) is 4.90 Å². The van der Waals surface area contributed by atoms with Gasteiger partial charge < -0.3 is 0 Å². The molecule has 19 heavy (non-hydrogen) atoms. The molecule has 0 radical (unpaired) electrons. The number of benzene rings is 1. The quantitative estimate of drug-likeness (QED) is 0.882. The summed E-state index contributed by atoms with van der Waals surface area (Å²) >= 11 is 5.64. The van der Waals surface area contributed by atoms with Gasteiger partial charge in [0, 0.05) is 12.7 Å². The minimum absolute atomic E-state index is 0.0000350. The van der Waals surface area contributed by atoms with Crippen LogP contribution in [0.15, 0.2) is 47.5 Å². The second kappa shape index (κ2) is 5.64. The molecule has 0 saturated heterocycles. The Morgan fingerprint density at radius 2 is 2.05 bits per heavy atom. The van der Waals surface area contributed by atoms with E-state index in [4.69, 9.17) is 11.6 Å². The number of nitrogens with zero attached hydrogens (tertiary/aromatic N) is 1. The molecule has 0 aliphatic carbocycles. The van der Waals surface area contributed by atoms with Gasteiger partial charge in [0.2, 0.25) is 10.0 Å². The van der Waals surface area contributed by atoms with E-state index in [-0.39, 0.29) is 16.6 Å². The highest BCUT2D eigenvalue weighted by Crippen LogP contribution is 2.13. The Morgan fingerprint density at radius 1 is 1.26 bits per heavy atom. The molecule has 1 N–H and O–H groups in total. The van der Waals surface area contributed by atoms with Crippen molar-refractivity contribution in [3.05, 3.63) is 59.1 Å². The van der Waals surface area contributed by atoms with E-state index in [0.29, 0.717) is 5.56 Å². The van der Waals surface area contributed by atoms with Crippen molar-refractivity contribution < 1.29 is 12.8 Å². The summed E-state index contributed by atoms with van der Waals surface area (Å²) in [6.45, 7) is 0.0000350. The largest absolute Gasteiger partial charge is 0.244 e. The average Bonchev–Trinajstić information content (AvgIpc) is 2.37. The van der Waals surface area contributed by atoms with Gasteiger partial charge in [-0.3, -0.25) is 0 Å². The molecule has 100 valence electrons. The van der Waals surface area contributed by atoms with Crippen LogP contribution in [0.2, 0.25) is 5.15 Å². The monoisotopic (exact) mass is 300 g/mol. The van der Waals surface area contributed by atoms with Crippen molar-refractivity contribution in [1.82, 2.24) is 9.71 Å². The Morgan fingerprint density at radius 3 is 2.74 bits per heavy atom. The fraction of sp³-hybridized carbons (Fsp3) is 0.0833. The van der Waals surface area contributed by atoms with E-state index in [9.17, 15) is 12.8 Å². The van der Waals surface area contributed by atoms with Gasteiger partial charge >= 0.3 is 0 Å². The van der Waals surface area contributed by atoms with Crippen molar-refractivity contribution in [3.63, 3.8) is 0 Å². The molecule has 7 heteroatoms. The van der Waals surface area contributed by atoms with Crippen LogP contribution >= 0.6 is 11.6 Å². The van der Waals surface area contributed by atoms with E-state index in [1.165, 1.54) is 36.5 Å². The van der Waals surface area contributed by atoms with E-state index in [1.807, 2.05) is 0 Å². The second-order valence-corrected chi connectivity index (χ2v) is 5.92. The number of halogens is 2. The summed E-state index contributed by atoms with van der Waals surface area (Å²) in [4.78, 5) is 3.72. The van der Waals surface area contributed by atoms with Gasteiger partial charge in [-0.15, -0.1) is 0 Å². The smallest absolute Gasteiger partial charge is 0.241 e. The van der Waals surface area contributed by atoms with Crippen LogP contribution in [0, 0.1) is 5.82 Å². The first-order valence-corrected chi connectivity index (χ1v) is 7.19. The fourth-order valence-electron chi connectivity index (χ4n) is 1.46. The summed E-state index contributed by atoms with van der Waals surface area (Å²) in [6, 6.07) is 8.28. The molecule has 0 aliphatic heterocycles. The lowest BCUT2D eigenvalue weighted by molar-refractivity contribution is 0.580.